The summed E-state index contributed by atoms with van der Waals surface area (Å²) in [6.07, 6.45) is 0.693. The number of carbonyl (C=O) groups is 1. The van der Waals surface area contributed by atoms with Gasteiger partial charge in [-0.05, 0) is 13.3 Å². The zero-order valence-electron chi connectivity index (χ0n) is 9.33. The Labute approximate surface area is 104 Å². The molecule has 0 fully saturated rings. The molecule has 4 nitrogen and oxygen atoms in total. The van der Waals surface area contributed by atoms with Gasteiger partial charge in [-0.25, -0.2) is 4.98 Å². The van der Waals surface area contributed by atoms with Crippen LogP contribution in [0.2, 0.25) is 0 Å². The summed E-state index contributed by atoms with van der Waals surface area (Å²) in [4.78, 5) is 16.5. The van der Waals surface area contributed by atoms with Crippen molar-refractivity contribution in [2.24, 2.45) is 0 Å². The van der Waals surface area contributed by atoms with E-state index in [1.54, 1.807) is 12.6 Å². The van der Waals surface area contributed by atoms with Crippen molar-refractivity contribution in [3.05, 3.63) is 16.1 Å². The fourth-order valence-corrected chi connectivity index (χ4v) is 2.27. The summed E-state index contributed by atoms with van der Waals surface area (Å²) in [6, 6.07) is -0.0449. The molecule has 0 aliphatic heterocycles. The Balaban J connectivity index is 2.58. The Morgan fingerprint density at radius 1 is 1.75 bits per heavy atom. The van der Waals surface area contributed by atoms with Crippen molar-refractivity contribution in [3.8, 4) is 0 Å². The van der Waals surface area contributed by atoms with Crippen molar-refractivity contribution in [2.45, 2.75) is 19.4 Å². The highest BCUT2D eigenvalue weighted by atomic mass is 35.5. The predicted molar refractivity (Wildman–Crippen MR) is 65.3 cm³/mol. The standard InChI is InChI=1S/C10H15ClN2O2S/c1-7-9(16-6-12-7)10(14)13-8(3-4-11)5-15-2/h6,8H,3-5H2,1-2H3,(H,13,14). The molecule has 0 radical (unpaired) electrons. The van der Waals surface area contributed by atoms with Crippen LogP contribution in [-0.2, 0) is 4.74 Å². The van der Waals surface area contributed by atoms with Crippen LogP contribution in [0.4, 0.5) is 0 Å². The van der Waals surface area contributed by atoms with Crippen LogP contribution in [0.3, 0.4) is 0 Å². The van der Waals surface area contributed by atoms with Crippen LogP contribution < -0.4 is 5.32 Å². The lowest BCUT2D eigenvalue weighted by molar-refractivity contribution is 0.0898. The Bertz CT molecular complexity index is 337. The van der Waals surface area contributed by atoms with Crippen LogP contribution in [0.15, 0.2) is 5.51 Å². The molecule has 1 rings (SSSR count). The largest absolute Gasteiger partial charge is 0.383 e. The first kappa shape index (κ1) is 13.4. The number of carbonyl (C=O) groups excluding carboxylic acids is 1. The maximum absolute atomic E-state index is 11.8. The summed E-state index contributed by atoms with van der Waals surface area (Å²) in [5.74, 6) is 0.392. The summed E-state index contributed by atoms with van der Waals surface area (Å²) in [5, 5.41) is 2.88. The quantitative estimate of drug-likeness (QED) is 0.796. The molecule has 1 aromatic heterocycles. The molecule has 0 bridgehead atoms. The first-order valence-electron chi connectivity index (χ1n) is 4.95. The number of nitrogens with one attached hydrogen (secondary N) is 1. The predicted octanol–water partition coefficient (Wildman–Crippen LogP) is 1.83. The van der Waals surface area contributed by atoms with Gasteiger partial charge in [0.1, 0.15) is 4.88 Å². The highest BCUT2D eigenvalue weighted by molar-refractivity contribution is 7.11. The Hall–Kier alpha value is -0.650. The van der Waals surface area contributed by atoms with E-state index in [-0.39, 0.29) is 11.9 Å². The molecule has 0 aromatic carbocycles. The molecule has 1 N–H and O–H groups in total. The Morgan fingerprint density at radius 2 is 2.50 bits per heavy atom. The molecule has 0 spiro atoms. The van der Waals surface area contributed by atoms with Crippen LogP contribution in [0.25, 0.3) is 0 Å². The minimum absolute atomic E-state index is 0.0449. The maximum Gasteiger partial charge on any atom is 0.263 e. The number of aryl methyl sites for hydroxylation is 1. The summed E-state index contributed by atoms with van der Waals surface area (Å²) < 4.78 is 5.02. The minimum atomic E-state index is -0.104. The Kier molecular flexibility index (Phi) is 5.73. The van der Waals surface area contributed by atoms with Gasteiger partial charge in [-0.15, -0.1) is 22.9 Å². The second-order valence-corrected chi connectivity index (χ2v) is 4.60. The second kappa shape index (κ2) is 6.83. The van der Waals surface area contributed by atoms with Crippen LogP contribution in [0.1, 0.15) is 21.8 Å². The molecule has 1 aromatic rings. The monoisotopic (exact) mass is 262 g/mol. The van der Waals surface area contributed by atoms with Gasteiger partial charge in [0.05, 0.1) is 23.9 Å². The average Bonchev–Trinajstić information content (AvgIpc) is 2.65. The van der Waals surface area contributed by atoms with Crippen molar-refractivity contribution >= 4 is 28.8 Å². The fourth-order valence-electron chi connectivity index (χ4n) is 1.30. The molecule has 1 unspecified atom stereocenters. The van der Waals surface area contributed by atoms with Gasteiger partial charge in [-0.1, -0.05) is 0 Å². The normalized spacial score (nSPS) is 12.4. The van der Waals surface area contributed by atoms with Crippen molar-refractivity contribution in [3.63, 3.8) is 0 Å². The summed E-state index contributed by atoms with van der Waals surface area (Å²) >= 11 is 6.99. The van der Waals surface area contributed by atoms with Crippen LogP contribution >= 0.6 is 22.9 Å². The van der Waals surface area contributed by atoms with E-state index in [2.05, 4.69) is 10.3 Å². The highest BCUT2D eigenvalue weighted by Gasteiger charge is 2.16. The van der Waals surface area contributed by atoms with E-state index in [1.807, 2.05) is 6.92 Å². The van der Waals surface area contributed by atoms with Gasteiger partial charge >= 0.3 is 0 Å². The van der Waals surface area contributed by atoms with Crippen molar-refractivity contribution in [1.29, 1.82) is 0 Å². The molecular weight excluding hydrogens is 248 g/mol. The minimum Gasteiger partial charge on any atom is -0.383 e. The number of rotatable bonds is 6. The smallest absolute Gasteiger partial charge is 0.263 e. The lowest BCUT2D eigenvalue weighted by Crippen LogP contribution is -2.38. The number of thiazole rings is 1. The first-order valence-corrected chi connectivity index (χ1v) is 6.36. The molecule has 90 valence electrons. The van der Waals surface area contributed by atoms with Crippen molar-refractivity contribution in [2.75, 3.05) is 19.6 Å². The van der Waals surface area contributed by atoms with Gasteiger partial charge in [0.15, 0.2) is 0 Å². The number of amides is 1. The molecule has 1 atom stereocenters. The average molecular weight is 263 g/mol. The first-order chi connectivity index (χ1) is 7.69. The molecule has 16 heavy (non-hydrogen) atoms. The molecule has 1 heterocycles. The van der Waals surface area contributed by atoms with Crippen LogP contribution in [-0.4, -0.2) is 36.5 Å². The third kappa shape index (κ3) is 3.73. The van der Waals surface area contributed by atoms with Crippen molar-refractivity contribution in [1.82, 2.24) is 10.3 Å². The summed E-state index contributed by atoms with van der Waals surface area (Å²) in [5.41, 5.74) is 2.42. The molecule has 0 aliphatic rings. The van der Waals surface area contributed by atoms with Gasteiger partial charge < -0.3 is 10.1 Å². The van der Waals surface area contributed by atoms with Gasteiger partial charge in [-0.3, -0.25) is 4.79 Å². The lowest BCUT2D eigenvalue weighted by atomic mass is 10.2. The van der Waals surface area contributed by atoms with Gasteiger partial charge in [0.2, 0.25) is 0 Å². The van der Waals surface area contributed by atoms with Crippen molar-refractivity contribution < 1.29 is 9.53 Å². The molecule has 0 aliphatic carbocycles. The maximum atomic E-state index is 11.8. The van der Waals surface area contributed by atoms with Gasteiger partial charge in [0.25, 0.3) is 5.91 Å². The number of halogens is 1. The molecule has 6 heteroatoms. The summed E-state index contributed by atoms with van der Waals surface area (Å²) in [7, 11) is 1.60. The number of alkyl halides is 1. The zero-order chi connectivity index (χ0) is 12.0. The third-order valence-corrected chi connectivity index (χ3v) is 3.26. The lowest BCUT2D eigenvalue weighted by Gasteiger charge is -2.16. The van der Waals surface area contributed by atoms with E-state index in [0.29, 0.717) is 23.8 Å². The van der Waals surface area contributed by atoms with Gasteiger partial charge in [-0.2, -0.15) is 0 Å². The molecule has 0 saturated carbocycles. The van der Waals surface area contributed by atoms with E-state index in [9.17, 15) is 4.79 Å². The number of methoxy groups -OCH3 is 1. The van der Waals surface area contributed by atoms with Crippen LogP contribution in [0, 0.1) is 6.92 Å². The van der Waals surface area contributed by atoms with Crippen LogP contribution in [0.5, 0.6) is 0 Å². The number of aromatic nitrogens is 1. The Morgan fingerprint density at radius 3 is 3.00 bits per heavy atom. The summed E-state index contributed by atoms with van der Waals surface area (Å²) in [6.45, 7) is 2.29. The second-order valence-electron chi connectivity index (χ2n) is 3.37. The topological polar surface area (TPSA) is 51.2 Å². The van der Waals surface area contributed by atoms with E-state index in [4.69, 9.17) is 16.3 Å². The number of nitrogens with zero attached hydrogens (tertiary/aromatic N) is 1. The van der Waals surface area contributed by atoms with E-state index in [1.165, 1.54) is 11.3 Å². The molecule has 0 saturated heterocycles. The number of ether oxygens (including phenoxy) is 1. The highest BCUT2D eigenvalue weighted by Crippen LogP contribution is 2.12. The van der Waals surface area contributed by atoms with E-state index >= 15 is 0 Å². The van der Waals surface area contributed by atoms with E-state index in [0.717, 1.165) is 5.69 Å². The fraction of sp³-hybridized carbons (Fsp3) is 0.600. The molecule has 1 amide bonds. The SMILES string of the molecule is COCC(CCCl)NC(=O)c1scnc1C. The number of hydrogen-bond donors (Lipinski definition) is 1. The zero-order valence-corrected chi connectivity index (χ0v) is 10.9. The van der Waals surface area contributed by atoms with Gasteiger partial charge in [0, 0.05) is 13.0 Å². The van der Waals surface area contributed by atoms with E-state index < -0.39 is 0 Å². The number of hydrogen-bond acceptors (Lipinski definition) is 4. The third-order valence-electron chi connectivity index (χ3n) is 2.11. The molecular formula is C10H15ClN2O2S.